The fourth-order valence-corrected chi connectivity index (χ4v) is 1.40. The molecular weight excluding hydrogens is 224 g/mol. The number of hydrogen-bond acceptors (Lipinski definition) is 2. The van der Waals surface area contributed by atoms with Crippen molar-refractivity contribution in [2.45, 2.75) is 12.8 Å². The zero-order chi connectivity index (χ0) is 12.0. The predicted molar refractivity (Wildman–Crippen MR) is 66.3 cm³/mol. The first-order valence-corrected chi connectivity index (χ1v) is 5.30. The lowest BCUT2D eigenvalue weighted by Crippen LogP contribution is -2.25. The molecule has 0 aliphatic heterocycles. The highest BCUT2D eigenvalue weighted by Gasteiger charge is 2.10. The number of terminal acetylenes is 1. The van der Waals surface area contributed by atoms with E-state index < -0.39 is 0 Å². The number of benzene rings is 1. The fourth-order valence-electron chi connectivity index (χ4n) is 1.22. The number of halogens is 1. The van der Waals surface area contributed by atoms with Gasteiger partial charge in [0.15, 0.2) is 0 Å². The smallest absolute Gasteiger partial charge is 0.253 e. The average molecular weight is 237 g/mol. The SMILES string of the molecule is C#CCCCNC(=O)c1cccc(Cl)c1N. The van der Waals surface area contributed by atoms with Crippen LogP contribution in [-0.2, 0) is 0 Å². The Balaban J connectivity index is 2.60. The number of anilines is 1. The largest absolute Gasteiger partial charge is 0.397 e. The molecule has 0 unspecified atom stereocenters. The predicted octanol–water partition coefficient (Wildman–Crippen LogP) is 2.07. The quantitative estimate of drug-likeness (QED) is 0.478. The molecule has 0 spiro atoms. The Morgan fingerprint density at radius 3 is 3.00 bits per heavy atom. The first kappa shape index (κ1) is 12.4. The minimum Gasteiger partial charge on any atom is -0.397 e. The molecule has 1 aromatic rings. The number of para-hydroxylation sites is 1. The van der Waals surface area contributed by atoms with Gasteiger partial charge in [-0.25, -0.2) is 0 Å². The van der Waals surface area contributed by atoms with Crippen LogP contribution < -0.4 is 11.1 Å². The van der Waals surface area contributed by atoms with Crippen molar-refractivity contribution in [2.24, 2.45) is 0 Å². The van der Waals surface area contributed by atoms with Gasteiger partial charge in [0, 0.05) is 13.0 Å². The second-order valence-corrected chi connectivity index (χ2v) is 3.67. The van der Waals surface area contributed by atoms with E-state index in [1.54, 1.807) is 18.2 Å². The summed E-state index contributed by atoms with van der Waals surface area (Å²) in [5, 5.41) is 3.11. The van der Waals surface area contributed by atoms with Crippen LogP contribution in [0.25, 0.3) is 0 Å². The van der Waals surface area contributed by atoms with Crippen LogP contribution in [0.1, 0.15) is 23.2 Å². The lowest BCUT2D eigenvalue weighted by molar-refractivity contribution is 0.0954. The van der Waals surface area contributed by atoms with Gasteiger partial charge in [-0.1, -0.05) is 17.7 Å². The van der Waals surface area contributed by atoms with Crippen LogP contribution in [0, 0.1) is 12.3 Å². The van der Waals surface area contributed by atoms with Gasteiger partial charge in [-0.3, -0.25) is 4.79 Å². The van der Waals surface area contributed by atoms with Crippen molar-refractivity contribution < 1.29 is 4.79 Å². The zero-order valence-corrected chi connectivity index (χ0v) is 9.55. The van der Waals surface area contributed by atoms with Gasteiger partial charge in [-0.05, 0) is 18.6 Å². The third kappa shape index (κ3) is 3.18. The third-order valence-electron chi connectivity index (χ3n) is 2.08. The van der Waals surface area contributed by atoms with E-state index in [0.29, 0.717) is 29.2 Å². The van der Waals surface area contributed by atoms with Gasteiger partial charge < -0.3 is 11.1 Å². The van der Waals surface area contributed by atoms with E-state index in [-0.39, 0.29) is 5.91 Å². The summed E-state index contributed by atoms with van der Waals surface area (Å²) in [6.07, 6.45) is 6.50. The Kier molecular flexibility index (Phi) is 4.68. The molecule has 1 rings (SSSR count). The number of nitrogens with two attached hydrogens (primary N) is 1. The summed E-state index contributed by atoms with van der Waals surface area (Å²) >= 11 is 5.81. The summed E-state index contributed by atoms with van der Waals surface area (Å²) < 4.78 is 0. The molecule has 3 N–H and O–H groups in total. The van der Waals surface area contributed by atoms with Gasteiger partial charge in [-0.2, -0.15) is 0 Å². The summed E-state index contributed by atoms with van der Waals surface area (Å²) in [6, 6.07) is 4.97. The molecule has 0 bridgehead atoms. The lowest BCUT2D eigenvalue weighted by atomic mass is 10.1. The molecule has 0 fully saturated rings. The minimum absolute atomic E-state index is 0.225. The maximum absolute atomic E-state index is 11.7. The molecule has 0 saturated carbocycles. The van der Waals surface area contributed by atoms with Gasteiger partial charge in [0.2, 0.25) is 0 Å². The van der Waals surface area contributed by atoms with E-state index in [0.717, 1.165) is 6.42 Å². The number of hydrogen-bond donors (Lipinski definition) is 2. The Hall–Kier alpha value is -1.66. The van der Waals surface area contributed by atoms with Crippen LogP contribution in [0.5, 0.6) is 0 Å². The summed E-state index contributed by atoms with van der Waals surface area (Å²) in [5.74, 6) is 2.28. The van der Waals surface area contributed by atoms with Crippen LogP contribution in [-0.4, -0.2) is 12.5 Å². The van der Waals surface area contributed by atoms with Crippen LogP contribution >= 0.6 is 11.6 Å². The van der Waals surface area contributed by atoms with Gasteiger partial charge in [0.05, 0.1) is 16.3 Å². The van der Waals surface area contributed by atoms with Crippen molar-refractivity contribution in [3.05, 3.63) is 28.8 Å². The second kappa shape index (κ2) is 6.04. The molecule has 1 amide bonds. The normalized spacial score (nSPS) is 9.50. The number of nitrogen functional groups attached to an aromatic ring is 1. The molecule has 0 aliphatic rings. The van der Waals surface area contributed by atoms with Crippen molar-refractivity contribution >= 4 is 23.2 Å². The molecule has 4 heteroatoms. The van der Waals surface area contributed by atoms with E-state index in [4.69, 9.17) is 23.8 Å². The maximum atomic E-state index is 11.7. The van der Waals surface area contributed by atoms with Crippen LogP contribution in [0.15, 0.2) is 18.2 Å². The summed E-state index contributed by atoms with van der Waals surface area (Å²) in [5.41, 5.74) is 6.39. The summed E-state index contributed by atoms with van der Waals surface area (Å²) in [4.78, 5) is 11.7. The number of nitrogens with one attached hydrogen (secondary N) is 1. The number of carbonyl (C=O) groups excluding carboxylic acids is 1. The maximum Gasteiger partial charge on any atom is 0.253 e. The van der Waals surface area contributed by atoms with Crippen molar-refractivity contribution in [3.63, 3.8) is 0 Å². The number of unbranched alkanes of at least 4 members (excludes halogenated alkanes) is 1. The first-order chi connectivity index (χ1) is 7.66. The van der Waals surface area contributed by atoms with E-state index in [2.05, 4.69) is 11.2 Å². The molecule has 3 nitrogen and oxygen atoms in total. The molecule has 16 heavy (non-hydrogen) atoms. The Morgan fingerprint density at radius 2 is 2.31 bits per heavy atom. The molecule has 0 saturated heterocycles. The van der Waals surface area contributed by atoms with Gasteiger partial charge >= 0.3 is 0 Å². The second-order valence-electron chi connectivity index (χ2n) is 3.26. The zero-order valence-electron chi connectivity index (χ0n) is 8.79. The van der Waals surface area contributed by atoms with Gasteiger partial charge in [-0.15, -0.1) is 12.3 Å². The Bertz CT molecular complexity index is 424. The van der Waals surface area contributed by atoms with Crippen molar-refractivity contribution in [1.82, 2.24) is 5.32 Å². The minimum atomic E-state index is -0.225. The van der Waals surface area contributed by atoms with Crippen LogP contribution in [0.3, 0.4) is 0 Å². The first-order valence-electron chi connectivity index (χ1n) is 4.92. The highest BCUT2D eigenvalue weighted by molar-refractivity contribution is 6.33. The Labute approximate surface area is 100.0 Å². The molecule has 0 atom stereocenters. The molecular formula is C12H13ClN2O. The van der Waals surface area contributed by atoms with Gasteiger partial charge in [0.1, 0.15) is 0 Å². The van der Waals surface area contributed by atoms with Crippen LogP contribution in [0.2, 0.25) is 5.02 Å². The molecule has 0 heterocycles. The van der Waals surface area contributed by atoms with Crippen molar-refractivity contribution in [2.75, 3.05) is 12.3 Å². The Morgan fingerprint density at radius 1 is 1.56 bits per heavy atom. The molecule has 84 valence electrons. The van der Waals surface area contributed by atoms with E-state index in [1.807, 2.05) is 0 Å². The third-order valence-corrected chi connectivity index (χ3v) is 2.41. The van der Waals surface area contributed by atoms with E-state index >= 15 is 0 Å². The van der Waals surface area contributed by atoms with Crippen molar-refractivity contribution in [3.8, 4) is 12.3 Å². The standard InChI is InChI=1S/C12H13ClN2O/c1-2-3-4-8-15-12(16)9-6-5-7-10(13)11(9)14/h1,5-7H,3-4,8,14H2,(H,15,16). The lowest BCUT2D eigenvalue weighted by Gasteiger charge is -2.07. The highest BCUT2D eigenvalue weighted by Crippen LogP contribution is 2.21. The summed E-state index contributed by atoms with van der Waals surface area (Å²) in [6.45, 7) is 0.537. The summed E-state index contributed by atoms with van der Waals surface area (Å²) in [7, 11) is 0. The van der Waals surface area contributed by atoms with Gasteiger partial charge in [0.25, 0.3) is 5.91 Å². The monoisotopic (exact) mass is 236 g/mol. The van der Waals surface area contributed by atoms with Crippen molar-refractivity contribution in [1.29, 1.82) is 0 Å². The number of carbonyl (C=O) groups is 1. The fraction of sp³-hybridized carbons (Fsp3) is 0.250. The van der Waals surface area contributed by atoms with E-state index in [1.165, 1.54) is 0 Å². The number of amides is 1. The van der Waals surface area contributed by atoms with Crippen LogP contribution in [0.4, 0.5) is 5.69 Å². The average Bonchev–Trinajstić information content (AvgIpc) is 2.28. The highest BCUT2D eigenvalue weighted by atomic mass is 35.5. The molecule has 0 aliphatic carbocycles. The molecule has 0 radical (unpaired) electrons. The molecule has 1 aromatic carbocycles. The van der Waals surface area contributed by atoms with E-state index in [9.17, 15) is 4.79 Å². The number of rotatable bonds is 4. The molecule has 0 aromatic heterocycles. The topological polar surface area (TPSA) is 55.1 Å².